The third kappa shape index (κ3) is 6.07. The molecule has 1 amide bonds. The first-order valence-corrected chi connectivity index (χ1v) is 8.94. The number of rotatable bonds is 9. The maximum atomic E-state index is 11.5. The number of likely N-dealkylation sites (N-methyl/N-ethyl adjacent to an activating group) is 1. The number of ether oxygens (including phenoxy) is 2. The molecule has 0 fully saturated rings. The molecular formula is C19H23BrN2O3. The molecule has 2 rings (SSSR count). The van der Waals surface area contributed by atoms with Gasteiger partial charge in [0.25, 0.3) is 0 Å². The van der Waals surface area contributed by atoms with Crippen LogP contribution in [0.1, 0.15) is 18.1 Å². The Morgan fingerprint density at radius 1 is 1.16 bits per heavy atom. The van der Waals surface area contributed by atoms with E-state index in [-0.39, 0.29) is 12.5 Å². The fourth-order valence-electron chi connectivity index (χ4n) is 2.33. The van der Waals surface area contributed by atoms with Gasteiger partial charge >= 0.3 is 0 Å². The van der Waals surface area contributed by atoms with Gasteiger partial charge in [0.2, 0.25) is 5.91 Å². The van der Waals surface area contributed by atoms with Gasteiger partial charge in [-0.3, -0.25) is 4.79 Å². The summed E-state index contributed by atoms with van der Waals surface area (Å²) in [7, 11) is 1.61. The normalized spacial score (nSPS) is 10.4. The molecule has 2 aromatic rings. The van der Waals surface area contributed by atoms with Gasteiger partial charge in [0.1, 0.15) is 6.61 Å². The summed E-state index contributed by atoms with van der Waals surface area (Å²) in [6.45, 7) is 3.83. The van der Waals surface area contributed by atoms with Crippen LogP contribution < -0.4 is 20.1 Å². The first-order chi connectivity index (χ1) is 12.1. The SMILES string of the molecule is CCNC(=O)CNCc1cc(Br)c(OCc2ccccc2)c(OC)c1. The average molecular weight is 407 g/mol. The van der Waals surface area contributed by atoms with Crippen molar-refractivity contribution in [3.05, 3.63) is 58.1 Å². The Bertz CT molecular complexity index is 693. The van der Waals surface area contributed by atoms with E-state index in [0.717, 1.165) is 15.6 Å². The van der Waals surface area contributed by atoms with Crippen LogP contribution in [0.15, 0.2) is 46.9 Å². The second kappa shape index (κ2) is 10.1. The molecule has 0 aliphatic heterocycles. The maximum absolute atomic E-state index is 11.5. The number of carbonyl (C=O) groups is 1. The number of benzene rings is 2. The molecule has 2 aromatic carbocycles. The van der Waals surface area contributed by atoms with E-state index in [1.165, 1.54) is 0 Å². The van der Waals surface area contributed by atoms with Crippen molar-refractivity contribution in [3.63, 3.8) is 0 Å². The van der Waals surface area contributed by atoms with Gasteiger partial charge < -0.3 is 20.1 Å². The minimum absolute atomic E-state index is 0.0173. The van der Waals surface area contributed by atoms with Crippen LogP contribution in [0.3, 0.4) is 0 Å². The zero-order chi connectivity index (χ0) is 18.1. The fraction of sp³-hybridized carbons (Fsp3) is 0.316. The van der Waals surface area contributed by atoms with Crippen LogP contribution in [-0.4, -0.2) is 26.1 Å². The highest BCUT2D eigenvalue weighted by molar-refractivity contribution is 9.10. The molecule has 0 aliphatic carbocycles. The van der Waals surface area contributed by atoms with Crippen molar-refractivity contribution in [2.24, 2.45) is 0 Å². The number of carbonyl (C=O) groups excluding carboxylic acids is 1. The van der Waals surface area contributed by atoms with Gasteiger partial charge in [0, 0.05) is 13.1 Å². The van der Waals surface area contributed by atoms with Crippen LogP contribution in [0.2, 0.25) is 0 Å². The van der Waals surface area contributed by atoms with E-state index in [2.05, 4.69) is 26.6 Å². The van der Waals surface area contributed by atoms with Crippen LogP contribution in [0.25, 0.3) is 0 Å². The lowest BCUT2D eigenvalue weighted by Crippen LogP contribution is -2.33. The lowest BCUT2D eigenvalue weighted by Gasteiger charge is -2.15. The van der Waals surface area contributed by atoms with Crippen LogP contribution in [0.4, 0.5) is 0 Å². The minimum Gasteiger partial charge on any atom is -0.493 e. The molecule has 0 heterocycles. The summed E-state index contributed by atoms with van der Waals surface area (Å²) in [5.41, 5.74) is 2.09. The Kier molecular flexibility index (Phi) is 7.76. The van der Waals surface area contributed by atoms with Crippen LogP contribution in [0.5, 0.6) is 11.5 Å². The molecule has 0 spiro atoms. The summed E-state index contributed by atoms with van der Waals surface area (Å²) in [6, 6.07) is 13.8. The van der Waals surface area contributed by atoms with Gasteiger partial charge in [-0.1, -0.05) is 30.3 Å². The molecule has 0 saturated heterocycles. The van der Waals surface area contributed by atoms with Crippen LogP contribution in [-0.2, 0) is 17.9 Å². The fourth-order valence-corrected chi connectivity index (χ4v) is 2.93. The summed E-state index contributed by atoms with van der Waals surface area (Å²) in [6.07, 6.45) is 0. The van der Waals surface area contributed by atoms with Crippen molar-refractivity contribution in [2.45, 2.75) is 20.1 Å². The van der Waals surface area contributed by atoms with E-state index in [4.69, 9.17) is 9.47 Å². The van der Waals surface area contributed by atoms with E-state index >= 15 is 0 Å². The van der Waals surface area contributed by atoms with Crippen molar-refractivity contribution in [1.29, 1.82) is 0 Å². The summed E-state index contributed by atoms with van der Waals surface area (Å²) in [5, 5.41) is 5.86. The van der Waals surface area contributed by atoms with Crippen molar-refractivity contribution in [1.82, 2.24) is 10.6 Å². The Balaban J connectivity index is 2.00. The maximum Gasteiger partial charge on any atom is 0.233 e. The third-order valence-electron chi connectivity index (χ3n) is 3.50. The molecule has 0 aromatic heterocycles. The minimum atomic E-state index is -0.0173. The number of methoxy groups -OCH3 is 1. The zero-order valence-corrected chi connectivity index (χ0v) is 16.1. The van der Waals surface area contributed by atoms with Crippen LogP contribution >= 0.6 is 15.9 Å². The predicted molar refractivity (Wildman–Crippen MR) is 102 cm³/mol. The molecule has 0 radical (unpaired) electrons. The molecule has 0 saturated carbocycles. The highest BCUT2D eigenvalue weighted by atomic mass is 79.9. The van der Waals surface area contributed by atoms with E-state index < -0.39 is 0 Å². The van der Waals surface area contributed by atoms with Crippen molar-refractivity contribution in [3.8, 4) is 11.5 Å². The zero-order valence-electron chi connectivity index (χ0n) is 14.5. The highest BCUT2D eigenvalue weighted by Crippen LogP contribution is 2.37. The molecule has 0 aliphatic rings. The first-order valence-electron chi connectivity index (χ1n) is 8.14. The van der Waals surface area contributed by atoms with Gasteiger partial charge in [-0.15, -0.1) is 0 Å². The quantitative estimate of drug-likeness (QED) is 0.670. The summed E-state index contributed by atoms with van der Waals surface area (Å²) in [4.78, 5) is 11.5. The van der Waals surface area contributed by atoms with E-state index in [1.54, 1.807) is 7.11 Å². The van der Waals surface area contributed by atoms with Gasteiger partial charge in [0.05, 0.1) is 18.1 Å². The molecule has 6 heteroatoms. The van der Waals surface area contributed by atoms with Crippen molar-refractivity contribution < 1.29 is 14.3 Å². The molecule has 0 unspecified atom stereocenters. The Morgan fingerprint density at radius 2 is 1.92 bits per heavy atom. The van der Waals surface area contributed by atoms with Gasteiger partial charge in [-0.05, 0) is 46.1 Å². The number of halogens is 1. The lowest BCUT2D eigenvalue weighted by atomic mass is 10.2. The second-order valence-electron chi connectivity index (χ2n) is 5.44. The molecular weight excluding hydrogens is 384 g/mol. The second-order valence-corrected chi connectivity index (χ2v) is 6.29. The Labute approximate surface area is 156 Å². The van der Waals surface area contributed by atoms with E-state index in [0.29, 0.717) is 31.2 Å². The van der Waals surface area contributed by atoms with Crippen molar-refractivity contribution in [2.75, 3.05) is 20.2 Å². The lowest BCUT2D eigenvalue weighted by molar-refractivity contribution is -0.120. The van der Waals surface area contributed by atoms with Crippen molar-refractivity contribution >= 4 is 21.8 Å². The van der Waals surface area contributed by atoms with E-state index in [9.17, 15) is 4.79 Å². The molecule has 2 N–H and O–H groups in total. The topological polar surface area (TPSA) is 59.6 Å². The third-order valence-corrected chi connectivity index (χ3v) is 4.09. The van der Waals surface area contributed by atoms with Gasteiger partial charge in [-0.2, -0.15) is 0 Å². The standard InChI is InChI=1S/C19H23BrN2O3/c1-3-22-18(23)12-21-11-15-9-16(20)19(17(10-15)24-2)25-13-14-7-5-4-6-8-14/h4-10,21H,3,11-13H2,1-2H3,(H,22,23). The van der Waals surface area contributed by atoms with E-state index in [1.807, 2.05) is 49.4 Å². The molecule has 134 valence electrons. The van der Waals surface area contributed by atoms with Crippen LogP contribution in [0, 0.1) is 0 Å². The Morgan fingerprint density at radius 3 is 2.60 bits per heavy atom. The van der Waals surface area contributed by atoms with Gasteiger partial charge in [-0.25, -0.2) is 0 Å². The highest BCUT2D eigenvalue weighted by Gasteiger charge is 2.12. The molecule has 25 heavy (non-hydrogen) atoms. The van der Waals surface area contributed by atoms with Gasteiger partial charge in [0.15, 0.2) is 11.5 Å². The average Bonchev–Trinajstić information content (AvgIpc) is 2.61. The summed E-state index contributed by atoms with van der Waals surface area (Å²) < 4.78 is 12.2. The first kappa shape index (κ1) is 19.3. The number of nitrogens with one attached hydrogen (secondary N) is 2. The number of hydrogen-bond acceptors (Lipinski definition) is 4. The molecule has 0 atom stereocenters. The summed E-state index contributed by atoms with van der Waals surface area (Å²) in [5.74, 6) is 1.30. The largest absolute Gasteiger partial charge is 0.493 e. The smallest absolute Gasteiger partial charge is 0.233 e. The monoisotopic (exact) mass is 406 g/mol. The number of amides is 1. The summed E-state index contributed by atoms with van der Waals surface area (Å²) >= 11 is 3.55. The predicted octanol–water partition coefficient (Wildman–Crippen LogP) is 3.26. The Hall–Kier alpha value is -2.05. The molecule has 5 nitrogen and oxygen atoms in total. The molecule has 0 bridgehead atoms. The number of hydrogen-bond donors (Lipinski definition) is 2.